The SMILES string of the molecule is Cl.NC1=NC(c2ccc(Cl)cc2)N(CCCOc2ccc(Cl)c(Cl)c2)C(N)=N1. The van der Waals surface area contributed by atoms with Gasteiger partial charge in [0.05, 0.1) is 16.7 Å². The van der Waals surface area contributed by atoms with E-state index in [4.69, 9.17) is 51.0 Å². The summed E-state index contributed by atoms with van der Waals surface area (Å²) in [5.41, 5.74) is 12.8. The van der Waals surface area contributed by atoms with Crippen molar-refractivity contribution >= 4 is 59.1 Å². The molecular weight excluding hydrogens is 444 g/mol. The van der Waals surface area contributed by atoms with Gasteiger partial charge in [-0.1, -0.05) is 46.9 Å². The fourth-order valence-electron chi connectivity index (χ4n) is 2.65. The van der Waals surface area contributed by atoms with E-state index in [1.54, 1.807) is 30.3 Å². The van der Waals surface area contributed by atoms with Crippen molar-refractivity contribution in [2.45, 2.75) is 12.6 Å². The fourth-order valence-corrected chi connectivity index (χ4v) is 3.06. The zero-order valence-electron chi connectivity index (χ0n) is 14.7. The monoisotopic (exact) mass is 461 g/mol. The van der Waals surface area contributed by atoms with Crippen LogP contribution in [0.2, 0.25) is 15.1 Å². The molecule has 2 aromatic carbocycles. The van der Waals surface area contributed by atoms with Gasteiger partial charge in [-0.15, -0.1) is 12.4 Å². The largest absolute Gasteiger partial charge is 0.493 e. The van der Waals surface area contributed by atoms with Crippen LogP contribution in [0.3, 0.4) is 0 Å². The Labute approximate surface area is 184 Å². The highest BCUT2D eigenvalue weighted by Crippen LogP contribution is 2.27. The number of hydrogen-bond donors (Lipinski definition) is 2. The molecule has 0 fully saturated rings. The van der Waals surface area contributed by atoms with Gasteiger partial charge in [0.1, 0.15) is 5.75 Å². The van der Waals surface area contributed by atoms with E-state index in [-0.39, 0.29) is 24.5 Å². The average molecular weight is 463 g/mol. The van der Waals surface area contributed by atoms with E-state index in [1.807, 2.05) is 17.0 Å². The van der Waals surface area contributed by atoms with Gasteiger partial charge in [0.25, 0.3) is 0 Å². The summed E-state index contributed by atoms with van der Waals surface area (Å²) in [5, 5.41) is 1.59. The Hall–Kier alpha value is -1.86. The molecule has 0 saturated carbocycles. The third-order valence-electron chi connectivity index (χ3n) is 3.94. The molecule has 0 aromatic heterocycles. The van der Waals surface area contributed by atoms with Crippen LogP contribution in [0.5, 0.6) is 5.75 Å². The van der Waals surface area contributed by atoms with Crippen molar-refractivity contribution in [2.75, 3.05) is 13.2 Å². The molecule has 1 atom stereocenters. The summed E-state index contributed by atoms with van der Waals surface area (Å²) in [4.78, 5) is 10.3. The maximum atomic E-state index is 6.07. The van der Waals surface area contributed by atoms with Gasteiger partial charge in [0.2, 0.25) is 11.9 Å². The van der Waals surface area contributed by atoms with E-state index < -0.39 is 0 Å². The lowest BCUT2D eigenvalue weighted by Crippen LogP contribution is -2.44. The van der Waals surface area contributed by atoms with Gasteiger partial charge >= 0.3 is 0 Å². The van der Waals surface area contributed by atoms with Crippen molar-refractivity contribution in [3.8, 4) is 5.75 Å². The van der Waals surface area contributed by atoms with E-state index >= 15 is 0 Å². The summed E-state index contributed by atoms with van der Waals surface area (Å²) in [7, 11) is 0. The molecule has 0 aliphatic carbocycles. The van der Waals surface area contributed by atoms with Crippen LogP contribution in [0, 0.1) is 0 Å². The van der Waals surface area contributed by atoms with Crippen molar-refractivity contribution in [1.29, 1.82) is 0 Å². The van der Waals surface area contributed by atoms with Crippen LogP contribution in [0.15, 0.2) is 52.4 Å². The molecule has 0 radical (unpaired) electrons. The van der Waals surface area contributed by atoms with Gasteiger partial charge in [0.15, 0.2) is 6.17 Å². The summed E-state index contributed by atoms with van der Waals surface area (Å²) in [6.45, 7) is 1.05. The highest BCUT2D eigenvalue weighted by Gasteiger charge is 2.25. The van der Waals surface area contributed by atoms with Crippen LogP contribution in [0.25, 0.3) is 0 Å². The molecule has 1 aliphatic heterocycles. The van der Waals surface area contributed by atoms with E-state index in [0.717, 1.165) is 5.56 Å². The smallest absolute Gasteiger partial charge is 0.220 e. The quantitative estimate of drug-likeness (QED) is 0.619. The Morgan fingerprint density at radius 1 is 1.00 bits per heavy atom. The molecule has 0 amide bonds. The molecule has 6 nitrogen and oxygen atoms in total. The molecule has 4 N–H and O–H groups in total. The number of ether oxygens (including phenoxy) is 1. The molecule has 1 aliphatic rings. The first kappa shape index (κ1) is 22.4. The number of halogens is 4. The predicted molar refractivity (Wildman–Crippen MR) is 118 cm³/mol. The minimum atomic E-state index is -0.357. The molecule has 150 valence electrons. The Balaban J connectivity index is 0.00000280. The second-order valence-electron chi connectivity index (χ2n) is 5.85. The minimum absolute atomic E-state index is 0. The average Bonchev–Trinajstić information content (AvgIpc) is 2.63. The molecule has 1 unspecified atom stereocenters. The molecule has 10 heteroatoms. The van der Waals surface area contributed by atoms with E-state index in [9.17, 15) is 0 Å². The Morgan fingerprint density at radius 2 is 1.71 bits per heavy atom. The summed E-state index contributed by atoms with van der Waals surface area (Å²) in [5.74, 6) is 1.12. The second-order valence-corrected chi connectivity index (χ2v) is 7.10. The summed E-state index contributed by atoms with van der Waals surface area (Å²) in [6, 6.07) is 12.5. The van der Waals surface area contributed by atoms with Gasteiger partial charge in [-0.2, -0.15) is 4.99 Å². The standard InChI is InChI=1S/C18H18Cl3N5O.ClH/c19-12-4-2-11(3-5-12)16-24-17(22)25-18(23)26(16)8-1-9-27-13-6-7-14(20)15(21)10-13;/h2-7,10,16H,1,8-9H2,(H4,22,23,24,25);1H. The molecule has 2 aromatic rings. The predicted octanol–water partition coefficient (Wildman–Crippen LogP) is 4.48. The summed E-state index contributed by atoms with van der Waals surface area (Å²) >= 11 is 17.9. The highest BCUT2D eigenvalue weighted by molar-refractivity contribution is 6.42. The van der Waals surface area contributed by atoms with Gasteiger partial charge in [-0.25, -0.2) is 4.99 Å². The number of guanidine groups is 2. The first-order chi connectivity index (χ1) is 12.9. The number of nitrogens with two attached hydrogens (primary N) is 2. The van der Waals surface area contributed by atoms with Gasteiger partial charge in [-0.3, -0.25) is 0 Å². The first-order valence-electron chi connectivity index (χ1n) is 8.21. The maximum Gasteiger partial charge on any atom is 0.220 e. The van der Waals surface area contributed by atoms with E-state index in [1.165, 1.54) is 0 Å². The Kier molecular flexibility index (Phi) is 8.07. The van der Waals surface area contributed by atoms with Gasteiger partial charge in [0, 0.05) is 17.6 Å². The fraction of sp³-hybridized carbons (Fsp3) is 0.222. The van der Waals surface area contributed by atoms with Gasteiger partial charge in [-0.05, 0) is 36.2 Å². The van der Waals surface area contributed by atoms with Crippen LogP contribution in [0.1, 0.15) is 18.2 Å². The highest BCUT2D eigenvalue weighted by atomic mass is 35.5. The lowest BCUT2D eigenvalue weighted by atomic mass is 10.1. The molecule has 3 rings (SSSR count). The van der Waals surface area contributed by atoms with Crippen LogP contribution in [-0.2, 0) is 0 Å². The van der Waals surface area contributed by atoms with Crippen molar-refractivity contribution in [3.05, 3.63) is 63.1 Å². The van der Waals surface area contributed by atoms with Gasteiger partial charge < -0.3 is 21.1 Å². The van der Waals surface area contributed by atoms with Crippen molar-refractivity contribution in [2.24, 2.45) is 21.5 Å². The molecule has 0 spiro atoms. The number of benzene rings is 2. The number of aliphatic imine (C=N–C) groups is 2. The van der Waals surface area contributed by atoms with Crippen molar-refractivity contribution in [1.82, 2.24) is 4.90 Å². The lowest BCUT2D eigenvalue weighted by Gasteiger charge is -2.32. The molecule has 28 heavy (non-hydrogen) atoms. The van der Waals surface area contributed by atoms with Crippen molar-refractivity contribution < 1.29 is 4.74 Å². The maximum absolute atomic E-state index is 6.07. The van der Waals surface area contributed by atoms with Crippen LogP contribution in [-0.4, -0.2) is 30.0 Å². The third-order valence-corrected chi connectivity index (χ3v) is 4.94. The lowest BCUT2D eigenvalue weighted by molar-refractivity contribution is 0.258. The van der Waals surface area contributed by atoms with Crippen molar-refractivity contribution in [3.63, 3.8) is 0 Å². The summed E-state index contributed by atoms with van der Waals surface area (Å²) in [6.07, 6.45) is 0.334. The van der Waals surface area contributed by atoms with Crippen LogP contribution in [0.4, 0.5) is 0 Å². The Morgan fingerprint density at radius 3 is 2.39 bits per heavy atom. The molecular formula is C18H19Cl4N5O. The minimum Gasteiger partial charge on any atom is -0.493 e. The normalized spacial score (nSPS) is 16.1. The molecule has 0 saturated heterocycles. The zero-order chi connectivity index (χ0) is 19.4. The number of hydrogen-bond acceptors (Lipinski definition) is 6. The van der Waals surface area contributed by atoms with E-state index in [0.29, 0.717) is 46.3 Å². The second kappa shape index (κ2) is 10.1. The van der Waals surface area contributed by atoms with Crippen LogP contribution >= 0.6 is 47.2 Å². The third kappa shape index (κ3) is 5.58. The first-order valence-corrected chi connectivity index (χ1v) is 9.35. The number of nitrogens with zero attached hydrogens (tertiary/aromatic N) is 3. The zero-order valence-corrected chi connectivity index (χ0v) is 17.8. The number of rotatable bonds is 6. The molecule has 1 heterocycles. The topological polar surface area (TPSA) is 89.2 Å². The molecule has 0 bridgehead atoms. The Bertz CT molecular complexity index is 873. The summed E-state index contributed by atoms with van der Waals surface area (Å²) < 4.78 is 5.72. The van der Waals surface area contributed by atoms with E-state index in [2.05, 4.69) is 9.98 Å². The van der Waals surface area contributed by atoms with Crippen LogP contribution < -0.4 is 16.2 Å².